The minimum absolute atomic E-state index is 0.0494. The van der Waals surface area contributed by atoms with Crippen LogP contribution in [0.15, 0.2) is 46.9 Å². The average molecular weight is 388 g/mol. The van der Waals surface area contributed by atoms with Crippen molar-refractivity contribution in [1.29, 1.82) is 0 Å². The summed E-state index contributed by atoms with van der Waals surface area (Å²) in [5.41, 5.74) is 1.26. The molecule has 2 aromatic carbocycles. The molecule has 2 nitrogen and oxygen atoms in total. The summed E-state index contributed by atoms with van der Waals surface area (Å²) >= 11 is 14.6. The molecule has 0 bridgehead atoms. The van der Waals surface area contributed by atoms with E-state index in [1.54, 1.807) is 37.3 Å². The second kappa shape index (κ2) is 8.32. The van der Waals surface area contributed by atoms with Gasteiger partial charge in [-0.1, -0.05) is 51.3 Å². The number of rotatable bonds is 2. The number of halogens is 3. The Balaban J connectivity index is 0.000000211. The maximum Gasteiger partial charge on any atom is 0.161 e. The highest BCUT2D eigenvalue weighted by Gasteiger charge is 2.04. The van der Waals surface area contributed by atoms with E-state index in [0.717, 1.165) is 10.0 Å². The normalized spacial score (nSPS) is 9.57. The van der Waals surface area contributed by atoms with Crippen LogP contribution in [0, 0.1) is 0 Å². The van der Waals surface area contributed by atoms with E-state index in [1.165, 1.54) is 6.92 Å². The van der Waals surface area contributed by atoms with E-state index in [4.69, 9.17) is 23.2 Å². The standard InChI is InChI=1S/C8H7BrO.C8H6Cl2O/c1-6(10)7-2-4-8(9)5-3-7;1-5(11)7-3-2-6(9)4-8(7)10/h2-5H,1H3;2-4H,1H3. The molecule has 0 atom stereocenters. The summed E-state index contributed by atoms with van der Waals surface area (Å²) in [6, 6.07) is 12.1. The molecule has 0 aliphatic heterocycles. The molecular formula is C16H13BrCl2O2. The quantitative estimate of drug-likeness (QED) is 0.605. The topological polar surface area (TPSA) is 34.1 Å². The van der Waals surface area contributed by atoms with Crippen LogP contribution in [0.25, 0.3) is 0 Å². The van der Waals surface area contributed by atoms with Gasteiger partial charge in [-0.25, -0.2) is 0 Å². The fourth-order valence-corrected chi connectivity index (χ4v) is 2.27. The molecule has 0 saturated heterocycles. The highest BCUT2D eigenvalue weighted by atomic mass is 79.9. The molecule has 110 valence electrons. The van der Waals surface area contributed by atoms with Crippen molar-refractivity contribution in [3.05, 3.63) is 68.1 Å². The molecule has 0 aliphatic carbocycles. The molecular weight excluding hydrogens is 375 g/mol. The lowest BCUT2D eigenvalue weighted by molar-refractivity contribution is 0.100. The predicted octanol–water partition coefficient (Wildman–Crippen LogP) is 5.85. The molecule has 0 saturated carbocycles. The van der Waals surface area contributed by atoms with Gasteiger partial charge in [0.1, 0.15) is 0 Å². The van der Waals surface area contributed by atoms with Crippen molar-refractivity contribution in [2.75, 3.05) is 0 Å². The maximum atomic E-state index is 10.8. The van der Waals surface area contributed by atoms with Crippen LogP contribution in [-0.2, 0) is 0 Å². The van der Waals surface area contributed by atoms with Crippen molar-refractivity contribution in [3.8, 4) is 0 Å². The van der Waals surface area contributed by atoms with Gasteiger partial charge in [0.05, 0.1) is 5.02 Å². The molecule has 0 heterocycles. The lowest BCUT2D eigenvalue weighted by Gasteiger charge is -1.98. The van der Waals surface area contributed by atoms with Crippen molar-refractivity contribution >= 4 is 50.7 Å². The Bertz CT molecular complexity index is 652. The van der Waals surface area contributed by atoms with E-state index >= 15 is 0 Å². The molecule has 0 aromatic heterocycles. The number of ketones is 2. The monoisotopic (exact) mass is 386 g/mol. The summed E-state index contributed by atoms with van der Waals surface area (Å²) in [6.45, 7) is 3.03. The van der Waals surface area contributed by atoms with Gasteiger partial charge in [-0.3, -0.25) is 9.59 Å². The van der Waals surface area contributed by atoms with Crippen molar-refractivity contribution < 1.29 is 9.59 Å². The van der Waals surface area contributed by atoms with Gasteiger partial charge in [-0.2, -0.15) is 0 Å². The van der Waals surface area contributed by atoms with Gasteiger partial charge in [0, 0.05) is 20.6 Å². The Morgan fingerprint density at radius 3 is 1.90 bits per heavy atom. The molecule has 0 fully saturated rings. The molecule has 2 aromatic rings. The Morgan fingerprint density at radius 2 is 1.48 bits per heavy atom. The van der Waals surface area contributed by atoms with Crippen LogP contribution >= 0.6 is 39.1 Å². The van der Waals surface area contributed by atoms with Crippen molar-refractivity contribution in [2.24, 2.45) is 0 Å². The minimum Gasteiger partial charge on any atom is -0.295 e. The Hall–Kier alpha value is -1.16. The summed E-state index contributed by atoms with van der Waals surface area (Å²) in [7, 11) is 0. The molecule has 2 rings (SSSR count). The number of Topliss-reactive ketones (excluding diaryl/α,β-unsaturated/α-hetero) is 2. The van der Waals surface area contributed by atoms with E-state index in [9.17, 15) is 9.59 Å². The van der Waals surface area contributed by atoms with Crippen LogP contribution in [-0.4, -0.2) is 11.6 Å². The van der Waals surface area contributed by atoms with E-state index in [1.807, 2.05) is 12.1 Å². The Morgan fingerprint density at radius 1 is 0.905 bits per heavy atom. The summed E-state index contributed by atoms with van der Waals surface area (Å²) in [5.74, 6) is 0.0548. The zero-order valence-electron chi connectivity index (χ0n) is 11.5. The zero-order valence-corrected chi connectivity index (χ0v) is 14.6. The third-order valence-corrected chi connectivity index (χ3v) is 3.64. The van der Waals surface area contributed by atoms with Gasteiger partial charge in [-0.05, 0) is 44.2 Å². The fraction of sp³-hybridized carbons (Fsp3) is 0.125. The van der Waals surface area contributed by atoms with E-state index in [2.05, 4.69) is 15.9 Å². The van der Waals surface area contributed by atoms with E-state index in [-0.39, 0.29) is 11.6 Å². The Kier molecular flexibility index (Phi) is 7.09. The minimum atomic E-state index is -0.0494. The highest BCUT2D eigenvalue weighted by Crippen LogP contribution is 2.20. The summed E-state index contributed by atoms with van der Waals surface area (Å²) < 4.78 is 0.998. The molecule has 0 radical (unpaired) electrons. The highest BCUT2D eigenvalue weighted by molar-refractivity contribution is 9.10. The number of hydrogen-bond donors (Lipinski definition) is 0. The summed E-state index contributed by atoms with van der Waals surface area (Å²) in [5, 5.41) is 0.949. The average Bonchev–Trinajstić information content (AvgIpc) is 2.39. The molecule has 0 spiro atoms. The first-order chi connectivity index (χ1) is 9.81. The molecule has 0 unspecified atom stereocenters. The van der Waals surface area contributed by atoms with Crippen molar-refractivity contribution in [1.82, 2.24) is 0 Å². The van der Waals surface area contributed by atoms with Crippen LogP contribution in [0.4, 0.5) is 0 Å². The molecule has 0 N–H and O–H groups in total. The molecule has 0 aliphatic rings. The maximum absolute atomic E-state index is 10.8. The van der Waals surface area contributed by atoms with Gasteiger partial charge in [0.2, 0.25) is 0 Å². The van der Waals surface area contributed by atoms with E-state index < -0.39 is 0 Å². The van der Waals surface area contributed by atoms with Gasteiger partial charge in [0.15, 0.2) is 11.6 Å². The first-order valence-corrected chi connectivity index (χ1v) is 7.58. The van der Waals surface area contributed by atoms with Crippen molar-refractivity contribution in [2.45, 2.75) is 13.8 Å². The summed E-state index contributed by atoms with van der Waals surface area (Å²) in [4.78, 5) is 21.6. The lowest BCUT2D eigenvalue weighted by atomic mass is 10.1. The smallest absolute Gasteiger partial charge is 0.161 e. The fourth-order valence-electron chi connectivity index (χ4n) is 1.46. The van der Waals surface area contributed by atoms with Crippen LogP contribution < -0.4 is 0 Å². The number of benzene rings is 2. The third-order valence-electron chi connectivity index (χ3n) is 2.56. The van der Waals surface area contributed by atoms with Gasteiger partial charge in [0.25, 0.3) is 0 Å². The first-order valence-electron chi connectivity index (χ1n) is 6.03. The van der Waals surface area contributed by atoms with Crippen LogP contribution in [0.3, 0.4) is 0 Å². The van der Waals surface area contributed by atoms with Gasteiger partial charge >= 0.3 is 0 Å². The molecule has 0 amide bonds. The second-order valence-corrected chi connectivity index (χ2v) is 6.00. The second-order valence-electron chi connectivity index (χ2n) is 4.24. The first kappa shape index (κ1) is 17.9. The van der Waals surface area contributed by atoms with Crippen LogP contribution in [0.1, 0.15) is 34.6 Å². The third kappa shape index (κ3) is 6.00. The largest absolute Gasteiger partial charge is 0.295 e. The molecule has 5 heteroatoms. The Labute approximate surface area is 142 Å². The van der Waals surface area contributed by atoms with Gasteiger partial charge < -0.3 is 0 Å². The number of carbonyl (C=O) groups excluding carboxylic acids is 2. The van der Waals surface area contributed by atoms with E-state index in [0.29, 0.717) is 15.6 Å². The number of hydrogen-bond acceptors (Lipinski definition) is 2. The SMILES string of the molecule is CC(=O)c1ccc(Br)cc1.CC(=O)c1ccc(Cl)cc1Cl. The van der Waals surface area contributed by atoms with Crippen LogP contribution in [0.2, 0.25) is 10.0 Å². The van der Waals surface area contributed by atoms with Crippen LogP contribution in [0.5, 0.6) is 0 Å². The zero-order chi connectivity index (χ0) is 16.0. The lowest BCUT2D eigenvalue weighted by Crippen LogP contribution is -1.91. The molecule has 21 heavy (non-hydrogen) atoms. The predicted molar refractivity (Wildman–Crippen MR) is 90.6 cm³/mol. The number of carbonyl (C=O) groups is 2. The summed E-state index contributed by atoms with van der Waals surface area (Å²) in [6.07, 6.45) is 0. The van der Waals surface area contributed by atoms with Crippen molar-refractivity contribution in [3.63, 3.8) is 0 Å². The van der Waals surface area contributed by atoms with Gasteiger partial charge in [-0.15, -0.1) is 0 Å².